The molecule has 0 amide bonds. The number of fused-ring (bicyclic) bond motifs is 4. The van der Waals surface area contributed by atoms with Crippen LogP contribution < -0.4 is 22.9 Å². The van der Waals surface area contributed by atoms with Gasteiger partial charge in [0.1, 0.15) is 121 Å². The second-order valence-corrected chi connectivity index (χ2v) is 23.8. The fourth-order valence-corrected chi connectivity index (χ4v) is 13.0. The van der Waals surface area contributed by atoms with Crippen LogP contribution in [0.4, 0.5) is 23.3 Å². The number of imidazole rings is 4. The van der Waals surface area contributed by atoms with Gasteiger partial charge in [-0.2, -0.15) is 0 Å². The fraction of sp³-hybridized carbons (Fsp3) is 0.512. The van der Waals surface area contributed by atoms with Crippen LogP contribution in [0, 0.1) is 6.92 Å². The van der Waals surface area contributed by atoms with E-state index >= 15 is 0 Å². The lowest BCUT2D eigenvalue weighted by Crippen LogP contribution is -2.37. The van der Waals surface area contributed by atoms with Crippen LogP contribution in [0.3, 0.4) is 0 Å². The van der Waals surface area contributed by atoms with Crippen molar-refractivity contribution in [3.8, 4) is 0 Å². The third-order valence-corrected chi connectivity index (χ3v) is 17.3. The maximum Gasteiger partial charge on any atom is 0.472 e. The molecule has 0 spiro atoms. The molecular weight excluding hydrogens is 1220 g/mol. The van der Waals surface area contributed by atoms with Crippen LogP contribution >= 0.6 is 23.5 Å². The van der Waals surface area contributed by atoms with Gasteiger partial charge in [0.05, 0.1) is 45.4 Å². The highest BCUT2D eigenvalue weighted by Crippen LogP contribution is 2.55. The normalized spacial score (nSPS) is 31.8. The number of phosphoric acid groups is 3. The number of aryl methyl sites for hydroxylation is 1. The number of aromatic nitrogens is 16. The molecule has 4 aliphatic rings. The number of nitrogens with two attached hydrogens (primary N) is 4. The van der Waals surface area contributed by atoms with E-state index in [1.807, 2.05) is 0 Å². The van der Waals surface area contributed by atoms with E-state index < -0.39 is 148 Å². The second kappa shape index (κ2) is 22.8. The summed E-state index contributed by atoms with van der Waals surface area (Å²) in [6.45, 7) is -2.38. The van der Waals surface area contributed by atoms with E-state index in [0.29, 0.717) is 0 Å². The van der Waals surface area contributed by atoms with Crippen LogP contribution in [0.1, 0.15) is 30.7 Å². The first-order valence-electron chi connectivity index (χ1n) is 25.3. The molecule has 462 valence electrons. The molecule has 0 bridgehead atoms. The van der Waals surface area contributed by atoms with Crippen LogP contribution in [-0.2, 0) is 59.8 Å². The average Bonchev–Trinajstić information content (AvgIpc) is 1.90. The molecule has 17 N–H and O–H groups in total. The number of hydrogen-bond donors (Lipinski definition) is 13. The van der Waals surface area contributed by atoms with Gasteiger partial charge in [0, 0.05) is 0 Å². The Bertz CT molecular complexity index is 4000. The van der Waals surface area contributed by atoms with Crippen LogP contribution in [0.25, 0.3) is 44.7 Å². The molecule has 42 nitrogen and oxygen atoms in total. The number of hydrogen-bond acceptors (Lipinski definition) is 35. The first kappa shape index (κ1) is 59.7. The highest BCUT2D eigenvalue weighted by molar-refractivity contribution is 7.48. The molecule has 12 rings (SSSR count). The minimum Gasteiger partial charge on any atom is -0.394 e. The number of ether oxygens (including phenoxy) is 4. The predicted octanol–water partition coefficient (Wildman–Crippen LogP) is -4.12. The maximum atomic E-state index is 14.1. The van der Waals surface area contributed by atoms with Gasteiger partial charge in [0.15, 0.2) is 76.3 Å². The zero-order valence-electron chi connectivity index (χ0n) is 43.7. The van der Waals surface area contributed by atoms with Crippen molar-refractivity contribution in [2.45, 2.75) is 105 Å². The van der Waals surface area contributed by atoms with Gasteiger partial charge in [-0.3, -0.25) is 45.4 Å². The third kappa shape index (κ3) is 10.9. The van der Waals surface area contributed by atoms with Gasteiger partial charge in [-0.25, -0.2) is 73.5 Å². The van der Waals surface area contributed by atoms with Crippen LogP contribution in [0.5, 0.6) is 0 Å². The number of rotatable bonds is 20. The van der Waals surface area contributed by atoms with Crippen molar-refractivity contribution in [3.05, 3.63) is 50.1 Å². The van der Waals surface area contributed by atoms with Gasteiger partial charge in [0.2, 0.25) is 0 Å². The van der Waals surface area contributed by atoms with Crippen molar-refractivity contribution in [3.63, 3.8) is 0 Å². The van der Waals surface area contributed by atoms with Gasteiger partial charge in [0.25, 0.3) is 0 Å². The minimum atomic E-state index is -5.58. The molecule has 4 fully saturated rings. The van der Waals surface area contributed by atoms with E-state index in [4.69, 9.17) is 69.0 Å². The van der Waals surface area contributed by atoms with E-state index in [1.54, 1.807) is 0 Å². The Morgan fingerprint density at radius 3 is 1.22 bits per heavy atom. The number of aliphatic hydroxyl groups is 6. The first-order valence-corrected chi connectivity index (χ1v) is 29.8. The fourth-order valence-electron chi connectivity index (χ4n) is 10.2. The van der Waals surface area contributed by atoms with Crippen LogP contribution in [0.15, 0.2) is 44.3 Å². The number of phosphoric ester groups is 3. The van der Waals surface area contributed by atoms with Crippen molar-refractivity contribution < 1.29 is 105 Å². The quantitative estimate of drug-likeness (QED) is 0.0322. The summed E-state index contributed by atoms with van der Waals surface area (Å²) in [6, 6.07) is 0. The number of nitrogen functional groups attached to an aromatic ring is 4. The summed E-state index contributed by atoms with van der Waals surface area (Å²) in [6.07, 6.45) is -19.9. The monoisotopic (exact) mass is 1270 g/mol. The molecule has 8 aromatic heterocycles. The van der Waals surface area contributed by atoms with Crippen molar-refractivity contribution >= 4 is 91.4 Å². The zero-order chi connectivity index (χ0) is 60.9. The highest BCUT2D eigenvalue weighted by atomic mass is 31.2. The molecule has 0 radical (unpaired) electrons. The Labute approximate surface area is 478 Å². The van der Waals surface area contributed by atoms with Crippen molar-refractivity contribution in [2.24, 2.45) is 0 Å². The SMILES string of the molecule is Cc1nc2c(N)ncnc2n1[C@@H]1O[C@H](COP(=O)(O)O[C@@H]2[C@H](O)[C@@H](COP(=O)(O)O[C@@H]3[C@H](O)[C@@H](CO)O[C@H]3n3cnc4c(N)ncnc43)O[C@H]2n2cnc3c(N)ncnc32)[C@@H](O)[C@H]1OP(=O)(O)OC[C@H]1O[C@@H](n2cnc3c(N)ncnc32)[C@H](O)[C@@H]1O. The zero-order valence-corrected chi connectivity index (χ0v) is 46.4. The molecule has 0 saturated carbocycles. The molecule has 0 aliphatic carbocycles. The van der Waals surface area contributed by atoms with Crippen LogP contribution in [0.2, 0.25) is 0 Å². The number of anilines is 4. The Kier molecular flexibility index (Phi) is 15.8. The first-order chi connectivity index (χ1) is 40.9. The standard InChI is InChI=1S/C41H51N20O22P3/c1-13-57-21-33(45)49-9-53-37(21)61(13)41-29(83-86(72,73)74-3-15-22(63)26(67)38(78-15)58-10-54-18-30(42)46-6-50-34(18)58)25(66)17(80-41)5-76-85(70,71)82-28-24(65)16(79-40(28)60-12-56-20-32(44)48-8-52-36(20)60)4-75-84(68,69)81-27-23(64)14(2-62)77-39(27)59-11-55-19-31(43)47-7-51-35(19)59/h6-12,14-17,22-29,38-41,62-67H,2-5H2,1H3,(H,68,69)(H,70,71)(H,72,73)(H2,42,46,50)(H2,43,47,51)(H2,44,48,52)(H2,45,49,53)/t14-,15-,16-,17-,22-,23-,24-,25-,26-,27-,28-,29-,38-,39-,40-,41-/m1/s1. The van der Waals surface area contributed by atoms with Crippen molar-refractivity contribution in [1.29, 1.82) is 0 Å². The summed E-state index contributed by atoms with van der Waals surface area (Å²) in [5.41, 5.74) is 24.3. The summed E-state index contributed by atoms with van der Waals surface area (Å²) in [7, 11) is -16.4. The van der Waals surface area contributed by atoms with Crippen LogP contribution in [-0.4, -0.2) is 223 Å². The molecule has 8 aromatic rings. The smallest absolute Gasteiger partial charge is 0.394 e. The lowest BCUT2D eigenvalue weighted by molar-refractivity contribution is -0.0659. The molecular formula is C41H51N20O22P3. The average molecular weight is 1270 g/mol. The molecule has 0 aromatic carbocycles. The predicted molar refractivity (Wildman–Crippen MR) is 278 cm³/mol. The molecule has 45 heteroatoms. The Morgan fingerprint density at radius 2 is 0.791 bits per heavy atom. The molecule has 3 unspecified atom stereocenters. The molecule has 4 aliphatic heterocycles. The van der Waals surface area contributed by atoms with E-state index in [2.05, 4.69) is 59.8 Å². The van der Waals surface area contributed by atoms with Crippen molar-refractivity contribution in [2.75, 3.05) is 49.4 Å². The summed E-state index contributed by atoms with van der Waals surface area (Å²) < 4.78 is 103. The van der Waals surface area contributed by atoms with Gasteiger partial charge in [-0.15, -0.1) is 0 Å². The molecule has 4 saturated heterocycles. The van der Waals surface area contributed by atoms with E-state index in [1.165, 1.54) is 33.3 Å². The van der Waals surface area contributed by atoms with Crippen molar-refractivity contribution in [1.82, 2.24) is 78.1 Å². The Hall–Kier alpha value is -6.67. The Balaban J connectivity index is 0.757. The van der Waals surface area contributed by atoms with E-state index in [-0.39, 0.29) is 73.8 Å². The summed E-state index contributed by atoms with van der Waals surface area (Å²) in [5.74, 6) is -0.170. The van der Waals surface area contributed by atoms with Gasteiger partial charge in [-0.1, -0.05) is 0 Å². The number of nitrogens with zero attached hydrogens (tertiary/aromatic N) is 16. The summed E-state index contributed by atoms with van der Waals surface area (Å²) in [4.78, 5) is 82.6. The molecule has 19 atom stereocenters. The lowest BCUT2D eigenvalue weighted by Gasteiger charge is -2.25. The minimum absolute atomic E-state index is 0.00116. The highest BCUT2D eigenvalue weighted by Gasteiger charge is 2.55. The van der Waals surface area contributed by atoms with Gasteiger partial charge < -0.3 is 87.2 Å². The van der Waals surface area contributed by atoms with E-state index in [0.717, 1.165) is 36.2 Å². The lowest BCUT2D eigenvalue weighted by atomic mass is 10.1. The maximum absolute atomic E-state index is 14.1. The van der Waals surface area contributed by atoms with Gasteiger partial charge >= 0.3 is 23.5 Å². The van der Waals surface area contributed by atoms with Gasteiger partial charge in [-0.05, 0) is 6.92 Å². The Morgan fingerprint density at radius 1 is 0.453 bits per heavy atom. The second-order valence-electron chi connectivity index (χ2n) is 19.6. The third-order valence-electron chi connectivity index (χ3n) is 14.3. The summed E-state index contributed by atoms with van der Waals surface area (Å²) in [5, 5.41) is 66.7. The molecule has 12 heterocycles. The topological polar surface area (TPSA) is 604 Å². The number of aliphatic hydroxyl groups excluding tert-OH is 6. The largest absolute Gasteiger partial charge is 0.472 e. The molecule has 86 heavy (non-hydrogen) atoms. The summed E-state index contributed by atoms with van der Waals surface area (Å²) >= 11 is 0. The van der Waals surface area contributed by atoms with E-state index in [9.17, 15) is 59.0 Å².